The summed E-state index contributed by atoms with van der Waals surface area (Å²) < 4.78 is 24.0. The molecule has 0 saturated heterocycles. The highest BCUT2D eigenvalue weighted by atomic mass is 19.1. The van der Waals surface area contributed by atoms with Crippen molar-refractivity contribution < 1.29 is 23.5 Å². The second-order valence-electron chi connectivity index (χ2n) is 5.37. The van der Waals surface area contributed by atoms with E-state index in [0.717, 1.165) is 0 Å². The lowest BCUT2D eigenvalue weighted by atomic mass is 10.1. The Bertz CT molecular complexity index is 767. The first-order chi connectivity index (χ1) is 12.5. The van der Waals surface area contributed by atoms with Crippen molar-refractivity contribution >= 4 is 17.5 Å². The van der Waals surface area contributed by atoms with Gasteiger partial charge in [-0.15, -0.1) is 0 Å². The van der Waals surface area contributed by atoms with Gasteiger partial charge in [-0.1, -0.05) is 24.3 Å². The second kappa shape index (κ2) is 9.53. The van der Waals surface area contributed by atoms with Crippen LogP contribution in [-0.2, 0) is 14.3 Å². The number of hydrogen-bond donors (Lipinski definition) is 2. The largest absolute Gasteiger partial charge is 0.492 e. The Balaban J connectivity index is 1.95. The minimum Gasteiger partial charge on any atom is -0.492 e. The first kappa shape index (κ1) is 19.4. The van der Waals surface area contributed by atoms with E-state index in [0.29, 0.717) is 23.6 Å². The van der Waals surface area contributed by atoms with E-state index in [1.54, 1.807) is 36.4 Å². The summed E-state index contributed by atoms with van der Waals surface area (Å²) in [7, 11) is 1.44. The number of rotatable bonds is 7. The highest BCUT2D eigenvalue weighted by Gasteiger charge is 2.18. The van der Waals surface area contributed by atoms with Gasteiger partial charge >= 0.3 is 11.8 Å². The molecule has 2 aromatic carbocycles. The molecular weight excluding hydrogens is 339 g/mol. The van der Waals surface area contributed by atoms with E-state index < -0.39 is 23.7 Å². The molecule has 1 atom stereocenters. The molecule has 26 heavy (non-hydrogen) atoms. The van der Waals surface area contributed by atoms with Gasteiger partial charge in [-0.05, 0) is 36.8 Å². The molecule has 2 amide bonds. The van der Waals surface area contributed by atoms with Crippen LogP contribution in [0.25, 0.3) is 0 Å². The fraction of sp³-hybridized carbons (Fsp3) is 0.263. The average molecular weight is 360 g/mol. The molecule has 0 bridgehead atoms. The number of carbonyl (C=O) groups excluding carboxylic acids is 2. The first-order valence-electron chi connectivity index (χ1n) is 8.14. The number of carbonyl (C=O) groups is 2. The molecule has 0 radical (unpaired) electrons. The Morgan fingerprint density at radius 1 is 1.12 bits per heavy atom. The van der Waals surface area contributed by atoms with Gasteiger partial charge in [-0.2, -0.15) is 0 Å². The number of hydrogen-bond acceptors (Lipinski definition) is 4. The summed E-state index contributed by atoms with van der Waals surface area (Å²) in [6.45, 7) is 2.28. The lowest BCUT2D eigenvalue weighted by molar-refractivity contribution is -0.136. The lowest BCUT2D eigenvalue weighted by Crippen LogP contribution is -2.38. The van der Waals surface area contributed by atoms with Gasteiger partial charge in [-0.3, -0.25) is 9.59 Å². The molecule has 1 unspecified atom stereocenters. The Labute approximate surface area is 151 Å². The van der Waals surface area contributed by atoms with E-state index in [-0.39, 0.29) is 6.54 Å². The number of benzene rings is 2. The third-order valence-corrected chi connectivity index (χ3v) is 3.59. The maximum atomic E-state index is 13.3. The van der Waals surface area contributed by atoms with Crippen LogP contribution < -0.4 is 15.4 Å². The number of halogens is 1. The van der Waals surface area contributed by atoms with Crippen molar-refractivity contribution in [1.29, 1.82) is 0 Å². The smallest absolute Gasteiger partial charge is 0.313 e. The molecule has 0 heterocycles. The highest BCUT2D eigenvalue weighted by Crippen LogP contribution is 2.23. The normalized spacial score (nSPS) is 11.5. The SMILES string of the molecule is CCOc1ccccc1NC(=O)C(=O)NCC(OC)c1cccc(F)c1. The zero-order valence-corrected chi connectivity index (χ0v) is 14.6. The quantitative estimate of drug-likeness (QED) is 0.745. The van der Waals surface area contributed by atoms with E-state index in [4.69, 9.17) is 9.47 Å². The molecular formula is C19H21FN2O4. The monoisotopic (exact) mass is 360 g/mol. The van der Waals surface area contributed by atoms with Crippen LogP contribution in [0.15, 0.2) is 48.5 Å². The lowest BCUT2D eigenvalue weighted by Gasteiger charge is -2.17. The molecule has 138 valence electrons. The third kappa shape index (κ3) is 5.29. The summed E-state index contributed by atoms with van der Waals surface area (Å²) in [5, 5.41) is 4.99. The number of methoxy groups -OCH3 is 1. The van der Waals surface area contributed by atoms with Gasteiger partial charge in [0.05, 0.1) is 18.4 Å². The van der Waals surface area contributed by atoms with Crippen LogP contribution in [0, 0.1) is 5.82 Å². The van der Waals surface area contributed by atoms with Crippen molar-refractivity contribution in [1.82, 2.24) is 5.32 Å². The van der Waals surface area contributed by atoms with Crippen LogP contribution in [0.2, 0.25) is 0 Å². The third-order valence-electron chi connectivity index (χ3n) is 3.59. The zero-order valence-electron chi connectivity index (χ0n) is 14.6. The molecule has 0 saturated carbocycles. The summed E-state index contributed by atoms with van der Waals surface area (Å²) >= 11 is 0. The summed E-state index contributed by atoms with van der Waals surface area (Å²) in [6.07, 6.45) is -0.571. The van der Waals surface area contributed by atoms with Gasteiger partial charge in [0.15, 0.2) is 0 Å². The summed E-state index contributed by atoms with van der Waals surface area (Å²) in [6, 6.07) is 12.7. The highest BCUT2D eigenvalue weighted by molar-refractivity contribution is 6.39. The van der Waals surface area contributed by atoms with Gasteiger partial charge < -0.3 is 20.1 Å². The van der Waals surface area contributed by atoms with E-state index in [1.807, 2.05) is 6.92 Å². The molecule has 2 rings (SSSR count). The van der Waals surface area contributed by atoms with Crippen LogP contribution in [0.1, 0.15) is 18.6 Å². The van der Waals surface area contributed by atoms with Crippen molar-refractivity contribution in [2.24, 2.45) is 0 Å². The Kier molecular flexibility index (Phi) is 7.11. The van der Waals surface area contributed by atoms with Gasteiger partial charge in [0.1, 0.15) is 11.6 Å². The molecule has 0 fully saturated rings. The van der Waals surface area contributed by atoms with Crippen LogP contribution in [-0.4, -0.2) is 32.1 Å². The minimum absolute atomic E-state index is 0.0271. The zero-order chi connectivity index (χ0) is 18.9. The van der Waals surface area contributed by atoms with Gasteiger partial charge in [0.25, 0.3) is 0 Å². The summed E-state index contributed by atoms with van der Waals surface area (Å²) in [5.41, 5.74) is 0.970. The molecule has 0 aliphatic heterocycles. The Morgan fingerprint density at radius 3 is 2.58 bits per heavy atom. The van der Waals surface area contributed by atoms with Crippen molar-refractivity contribution in [2.75, 3.05) is 25.6 Å². The van der Waals surface area contributed by atoms with Gasteiger partial charge in [0, 0.05) is 13.7 Å². The van der Waals surface area contributed by atoms with Gasteiger partial charge in [-0.25, -0.2) is 4.39 Å². The minimum atomic E-state index is -0.828. The predicted molar refractivity (Wildman–Crippen MR) is 95.4 cm³/mol. The number of nitrogens with one attached hydrogen (secondary N) is 2. The molecule has 0 aliphatic rings. The van der Waals surface area contributed by atoms with E-state index in [2.05, 4.69) is 10.6 Å². The van der Waals surface area contributed by atoms with E-state index in [1.165, 1.54) is 19.2 Å². The van der Waals surface area contributed by atoms with Crippen LogP contribution in [0.3, 0.4) is 0 Å². The van der Waals surface area contributed by atoms with Crippen LogP contribution in [0.5, 0.6) is 5.75 Å². The summed E-state index contributed by atoms with van der Waals surface area (Å²) in [4.78, 5) is 24.1. The topological polar surface area (TPSA) is 76.7 Å². The molecule has 6 nitrogen and oxygen atoms in total. The predicted octanol–water partition coefficient (Wildman–Crippen LogP) is 2.67. The second-order valence-corrected chi connectivity index (χ2v) is 5.37. The van der Waals surface area contributed by atoms with Crippen LogP contribution >= 0.6 is 0 Å². The van der Waals surface area contributed by atoms with Crippen LogP contribution in [0.4, 0.5) is 10.1 Å². The van der Waals surface area contributed by atoms with E-state index >= 15 is 0 Å². The van der Waals surface area contributed by atoms with Crippen molar-refractivity contribution in [2.45, 2.75) is 13.0 Å². The fourth-order valence-corrected chi connectivity index (χ4v) is 2.34. The number of anilines is 1. The number of ether oxygens (including phenoxy) is 2. The Morgan fingerprint density at radius 2 is 1.88 bits per heavy atom. The number of amides is 2. The van der Waals surface area contributed by atoms with Crippen molar-refractivity contribution in [3.8, 4) is 5.75 Å². The van der Waals surface area contributed by atoms with Gasteiger partial charge in [0.2, 0.25) is 0 Å². The molecule has 0 aromatic heterocycles. The maximum absolute atomic E-state index is 13.3. The first-order valence-corrected chi connectivity index (χ1v) is 8.14. The molecule has 2 N–H and O–H groups in total. The molecule has 7 heteroatoms. The van der Waals surface area contributed by atoms with E-state index in [9.17, 15) is 14.0 Å². The molecule has 0 aliphatic carbocycles. The number of para-hydroxylation sites is 2. The average Bonchev–Trinajstić information content (AvgIpc) is 2.64. The van der Waals surface area contributed by atoms with Crippen molar-refractivity contribution in [3.05, 3.63) is 59.9 Å². The standard InChI is InChI=1S/C19H21FN2O4/c1-3-26-16-10-5-4-9-15(16)22-19(24)18(23)21-12-17(25-2)13-7-6-8-14(20)11-13/h4-11,17H,3,12H2,1-2H3,(H,21,23)(H,22,24). The summed E-state index contributed by atoms with van der Waals surface area (Å²) in [5.74, 6) is -1.58. The Hall–Kier alpha value is -2.93. The molecule has 0 spiro atoms. The fourth-order valence-electron chi connectivity index (χ4n) is 2.34. The van der Waals surface area contributed by atoms with Crippen molar-refractivity contribution in [3.63, 3.8) is 0 Å². The maximum Gasteiger partial charge on any atom is 0.313 e. The molecule has 2 aromatic rings.